The monoisotopic (exact) mass is 428 g/mol. The molecule has 0 atom stereocenters. The number of halogens is 2. The number of anilines is 2. The maximum absolute atomic E-state index is 13.5. The van der Waals surface area contributed by atoms with Crippen molar-refractivity contribution in [2.75, 3.05) is 18.5 Å². The third kappa shape index (κ3) is 4.90. The number of benzene rings is 2. The summed E-state index contributed by atoms with van der Waals surface area (Å²) in [6, 6.07) is 9.98. The van der Waals surface area contributed by atoms with E-state index < -0.39 is 5.82 Å². The van der Waals surface area contributed by atoms with E-state index in [0.29, 0.717) is 18.7 Å². The van der Waals surface area contributed by atoms with Gasteiger partial charge in [-0.05, 0) is 77.9 Å². The Morgan fingerprint density at radius 2 is 1.96 bits per heavy atom. The summed E-state index contributed by atoms with van der Waals surface area (Å²) in [5, 5.41) is 14.6. The summed E-state index contributed by atoms with van der Waals surface area (Å²) in [5.74, 6) is -0.842. The fraction of sp³-hybridized carbons (Fsp3) is 0.235. The van der Waals surface area contributed by atoms with Crippen LogP contribution in [0.1, 0.15) is 22.3 Å². The van der Waals surface area contributed by atoms with Gasteiger partial charge < -0.3 is 15.7 Å². The van der Waals surface area contributed by atoms with Crippen molar-refractivity contribution in [2.45, 2.75) is 13.3 Å². The Bertz CT molecular complexity index is 707. The average molecular weight is 428 g/mol. The molecule has 3 N–H and O–H groups in total. The summed E-state index contributed by atoms with van der Waals surface area (Å²) >= 11 is 2.23. The number of hydrogen-bond acceptors (Lipinski definition) is 3. The summed E-state index contributed by atoms with van der Waals surface area (Å²) in [6.07, 6.45) is 0.458. The zero-order valence-electron chi connectivity index (χ0n) is 12.7. The number of hydrogen-bond donors (Lipinski definition) is 3. The van der Waals surface area contributed by atoms with Gasteiger partial charge in [0, 0.05) is 22.4 Å². The van der Waals surface area contributed by atoms with Crippen LogP contribution in [0.5, 0.6) is 0 Å². The van der Waals surface area contributed by atoms with Crippen molar-refractivity contribution in [1.82, 2.24) is 5.32 Å². The highest BCUT2D eigenvalue weighted by atomic mass is 127. The first kappa shape index (κ1) is 17.7. The molecule has 2 aromatic rings. The van der Waals surface area contributed by atoms with Gasteiger partial charge in [-0.3, -0.25) is 4.79 Å². The van der Waals surface area contributed by atoms with Crippen LogP contribution >= 0.6 is 22.6 Å². The molecule has 0 spiro atoms. The minimum absolute atomic E-state index is 0.00359. The SMILES string of the molecule is Cc1cc(I)ccc1Nc1ccc(F)cc1C(=O)NCCCO. The number of aryl methyl sites for hydroxylation is 1. The molecule has 0 unspecified atom stereocenters. The molecule has 0 aromatic heterocycles. The van der Waals surface area contributed by atoms with Crippen LogP contribution < -0.4 is 10.6 Å². The minimum atomic E-state index is -0.470. The van der Waals surface area contributed by atoms with Gasteiger partial charge in [0.25, 0.3) is 5.91 Å². The molecular formula is C17H18FIN2O2. The molecule has 6 heteroatoms. The third-order valence-corrected chi connectivity index (χ3v) is 3.98. The Hall–Kier alpha value is -1.67. The second kappa shape index (κ2) is 8.26. The highest BCUT2D eigenvalue weighted by Gasteiger charge is 2.13. The lowest BCUT2D eigenvalue weighted by Crippen LogP contribution is -2.26. The van der Waals surface area contributed by atoms with E-state index >= 15 is 0 Å². The second-order valence-corrected chi connectivity index (χ2v) is 6.35. The Balaban J connectivity index is 2.26. The fourth-order valence-corrected chi connectivity index (χ4v) is 2.75. The summed E-state index contributed by atoms with van der Waals surface area (Å²) in [6.45, 7) is 2.30. The maximum atomic E-state index is 13.5. The predicted octanol–water partition coefficient (Wildman–Crippen LogP) is 3.59. The van der Waals surface area contributed by atoms with Gasteiger partial charge in [-0.2, -0.15) is 0 Å². The topological polar surface area (TPSA) is 61.4 Å². The third-order valence-electron chi connectivity index (χ3n) is 3.30. The van der Waals surface area contributed by atoms with Gasteiger partial charge in [-0.25, -0.2) is 4.39 Å². The molecule has 0 saturated heterocycles. The van der Waals surface area contributed by atoms with Crippen LogP contribution in [0.15, 0.2) is 36.4 Å². The first-order valence-electron chi connectivity index (χ1n) is 7.23. The van der Waals surface area contributed by atoms with Crippen LogP contribution in [0.3, 0.4) is 0 Å². The molecular weight excluding hydrogens is 410 g/mol. The highest BCUT2D eigenvalue weighted by molar-refractivity contribution is 14.1. The molecule has 0 saturated carbocycles. The van der Waals surface area contributed by atoms with Crippen molar-refractivity contribution in [3.63, 3.8) is 0 Å². The van der Waals surface area contributed by atoms with Crippen molar-refractivity contribution >= 4 is 39.9 Å². The van der Waals surface area contributed by atoms with Crippen molar-refractivity contribution < 1.29 is 14.3 Å². The van der Waals surface area contributed by atoms with Crippen LogP contribution in [0.2, 0.25) is 0 Å². The molecule has 0 aliphatic heterocycles. The summed E-state index contributed by atoms with van der Waals surface area (Å²) in [7, 11) is 0. The van der Waals surface area contributed by atoms with Crippen molar-refractivity contribution in [2.24, 2.45) is 0 Å². The van der Waals surface area contributed by atoms with Crippen LogP contribution in [0, 0.1) is 16.3 Å². The number of amides is 1. The number of carbonyl (C=O) groups excluding carboxylic acids is 1. The van der Waals surface area contributed by atoms with Crippen molar-refractivity contribution in [3.05, 3.63) is 56.9 Å². The molecule has 23 heavy (non-hydrogen) atoms. The normalized spacial score (nSPS) is 10.4. The van der Waals surface area contributed by atoms with E-state index in [0.717, 1.165) is 14.8 Å². The molecule has 4 nitrogen and oxygen atoms in total. The first-order valence-corrected chi connectivity index (χ1v) is 8.31. The molecule has 0 aliphatic rings. The van der Waals surface area contributed by atoms with E-state index in [1.807, 2.05) is 25.1 Å². The predicted molar refractivity (Wildman–Crippen MR) is 97.6 cm³/mol. The first-order chi connectivity index (χ1) is 11.0. The number of aliphatic hydroxyl groups excluding tert-OH is 1. The number of nitrogens with one attached hydrogen (secondary N) is 2. The zero-order valence-corrected chi connectivity index (χ0v) is 14.9. The summed E-state index contributed by atoms with van der Waals surface area (Å²) in [4.78, 5) is 12.2. The van der Waals surface area contributed by atoms with Crippen LogP contribution in [-0.4, -0.2) is 24.2 Å². The van der Waals surface area contributed by atoms with E-state index in [1.54, 1.807) is 6.07 Å². The van der Waals surface area contributed by atoms with Crippen LogP contribution in [-0.2, 0) is 0 Å². The quantitative estimate of drug-likeness (QED) is 0.487. The fourth-order valence-electron chi connectivity index (χ4n) is 2.10. The average Bonchev–Trinajstić information content (AvgIpc) is 2.51. The van der Waals surface area contributed by atoms with Crippen molar-refractivity contribution in [1.29, 1.82) is 0 Å². The summed E-state index contributed by atoms with van der Waals surface area (Å²) < 4.78 is 14.6. The second-order valence-electron chi connectivity index (χ2n) is 5.11. The van der Waals surface area contributed by atoms with Gasteiger partial charge >= 0.3 is 0 Å². The Kier molecular flexibility index (Phi) is 6.35. The number of rotatable bonds is 6. The lowest BCUT2D eigenvalue weighted by Gasteiger charge is -2.14. The Morgan fingerprint density at radius 1 is 1.22 bits per heavy atom. The molecule has 0 heterocycles. The van der Waals surface area contributed by atoms with Gasteiger partial charge in [0.05, 0.1) is 11.3 Å². The van der Waals surface area contributed by atoms with E-state index in [-0.39, 0.29) is 18.1 Å². The standard InChI is InChI=1S/C17H18FIN2O2/c1-11-9-13(19)4-6-15(11)21-16-5-3-12(18)10-14(16)17(23)20-7-2-8-22/h3-6,9-10,21-22H,2,7-8H2,1H3,(H,20,23). The molecule has 0 radical (unpaired) electrons. The minimum Gasteiger partial charge on any atom is -0.396 e. The Labute approximate surface area is 148 Å². The highest BCUT2D eigenvalue weighted by Crippen LogP contribution is 2.25. The molecule has 1 amide bonds. The zero-order chi connectivity index (χ0) is 16.8. The largest absolute Gasteiger partial charge is 0.396 e. The van der Waals surface area contributed by atoms with Gasteiger partial charge in [0.15, 0.2) is 0 Å². The van der Waals surface area contributed by atoms with E-state index in [2.05, 4.69) is 33.2 Å². The molecule has 2 rings (SSSR count). The molecule has 122 valence electrons. The summed E-state index contributed by atoms with van der Waals surface area (Å²) in [5.41, 5.74) is 2.67. The van der Waals surface area contributed by atoms with Gasteiger partial charge in [0.1, 0.15) is 5.82 Å². The van der Waals surface area contributed by atoms with Gasteiger partial charge in [0.2, 0.25) is 0 Å². The molecule has 0 aliphatic carbocycles. The van der Waals surface area contributed by atoms with Gasteiger partial charge in [-0.1, -0.05) is 0 Å². The van der Waals surface area contributed by atoms with Crippen LogP contribution in [0.4, 0.5) is 15.8 Å². The van der Waals surface area contributed by atoms with Crippen LogP contribution in [0.25, 0.3) is 0 Å². The number of carbonyl (C=O) groups is 1. The molecule has 2 aromatic carbocycles. The smallest absolute Gasteiger partial charge is 0.253 e. The number of aliphatic hydroxyl groups is 1. The molecule has 0 fully saturated rings. The lowest BCUT2D eigenvalue weighted by atomic mass is 10.1. The lowest BCUT2D eigenvalue weighted by molar-refractivity contribution is 0.0951. The molecule has 0 bridgehead atoms. The Morgan fingerprint density at radius 3 is 2.65 bits per heavy atom. The van der Waals surface area contributed by atoms with E-state index in [1.165, 1.54) is 12.1 Å². The van der Waals surface area contributed by atoms with Gasteiger partial charge in [-0.15, -0.1) is 0 Å². The van der Waals surface area contributed by atoms with Crippen molar-refractivity contribution in [3.8, 4) is 0 Å². The maximum Gasteiger partial charge on any atom is 0.253 e. The van der Waals surface area contributed by atoms with E-state index in [9.17, 15) is 9.18 Å². The van der Waals surface area contributed by atoms with E-state index in [4.69, 9.17) is 5.11 Å².